The van der Waals surface area contributed by atoms with Gasteiger partial charge in [0.25, 0.3) is 0 Å². The summed E-state index contributed by atoms with van der Waals surface area (Å²) in [5, 5.41) is 22.5. The van der Waals surface area contributed by atoms with Crippen molar-refractivity contribution in [3.05, 3.63) is 48.0 Å². The molecule has 1 unspecified atom stereocenters. The third-order valence-corrected chi connectivity index (χ3v) is 3.74. The quantitative estimate of drug-likeness (QED) is 0.708. The van der Waals surface area contributed by atoms with Crippen LogP contribution in [0.4, 0.5) is 0 Å². The third kappa shape index (κ3) is 3.66. The van der Waals surface area contributed by atoms with Crippen LogP contribution in [-0.4, -0.2) is 28.1 Å². The van der Waals surface area contributed by atoms with Crippen molar-refractivity contribution in [2.24, 2.45) is 5.41 Å². The summed E-state index contributed by atoms with van der Waals surface area (Å²) in [7, 11) is 0. The zero-order valence-electron chi connectivity index (χ0n) is 12.6. The number of hydrogen-bond donors (Lipinski definition) is 3. The molecule has 0 aliphatic heterocycles. The largest absolute Gasteiger partial charge is 0.481 e. The van der Waals surface area contributed by atoms with Crippen LogP contribution in [0.25, 0.3) is 10.8 Å². The maximum absolute atomic E-state index is 12.1. The van der Waals surface area contributed by atoms with Gasteiger partial charge < -0.3 is 15.5 Å². The zero-order valence-corrected chi connectivity index (χ0v) is 12.6. The summed E-state index contributed by atoms with van der Waals surface area (Å²) >= 11 is 0. The Morgan fingerprint density at radius 1 is 1.04 bits per heavy atom. The van der Waals surface area contributed by atoms with Crippen LogP contribution in [0.5, 0.6) is 0 Å². The predicted octanol–water partition coefficient (Wildman–Crippen LogP) is 2.02. The van der Waals surface area contributed by atoms with Crippen molar-refractivity contribution in [3.8, 4) is 0 Å². The molecule has 2 aromatic rings. The molecule has 120 valence electrons. The molecule has 3 N–H and O–H groups in total. The van der Waals surface area contributed by atoms with E-state index in [0.29, 0.717) is 0 Å². The van der Waals surface area contributed by atoms with Gasteiger partial charge in [-0.05, 0) is 29.3 Å². The molecule has 1 atom stereocenters. The van der Waals surface area contributed by atoms with Crippen LogP contribution >= 0.6 is 0 Å². The van der Waals surface area contributed by atoms with E-state index < -0.39 is 29.7 Å². The molecule has 0 aliphatic carbocycles. The lowest BCUT2D eigenvalue weighted by molar-refractivity contribution is -0.160. The predicted molar refractivity (Wildman–Crippen MR) is 83.8 cm³/mol. The third-order valence-electron chi connectivity index (χ3n) is 3.74. The molecular formula is C17H17NO5. The fourth-order valence-electron chi connectivity index (χ4n) is 2.28. The van der Waals surface area contributed by atoms with Gasteiger partial charge in [0.1, 0.15) is 0 Å². The molecule has 0 bridgehead atoms. The van der Waals surface area contributed by atoms with E-state index in [1.807, 2.05) is 42.5 Å². The Labute approximate surface area is 132 Å². The topological polar surface area (TPSA) is 104 Å². The first-order chi connectivity index (χ1) is 10.8. The molecule has 6 nitrogen and oxygen atoms in total. The van der Waals surface area contributed by atoms with Crippen molar-refractivity contribution < 1.29 is 24.6 Å². The van der Waals surface area contributed by atoms with Gasteiger partial charge in [-0.3, -0.25) is 14.4 Å². The summed E-state index contributed by atoms with van der Waals surface area (Å²) < 4.78 is 0. The van der Waals surface area contributed by atoms with Crippen LogP contribution in [0.1, 0.15) is 18.9 Å². The van der Waals surface area contributed by atoms with Gasteiger partial charge in [0.2, 0.25) is 5.91 Å². The van der Waals surface area contributed by atoms with E-state index in [4.69, 9.17) is 10.2 Å². The molecule has 0 saturated heterocycles. The van der Waals surface area contributed by atoms with E-state index in [-0.39, 0.29) is 6.54 Å². The first kappa shape index (κ1) is 16.5. The number of amides is 1. The number of carbonyl (C=O) groups excluding carboxylic acids is 1. The Bertz CT molecular complexity index is 770. The molecule has 0 aromatic heterocycles. The summed E-state index contributed by atoms with van der Waals surface area (Å²) in [6, 6.07) is 13.4. The SMILES string of the molecule is CC(CC(=O)O)(C(=O)O)C(=O)NCc1ccc2ccccc2c1. The van der Waals surface area contributed by atoms with Gasteiger partial charge in [0, 0.05) is 6.54 Å². The van der Waals surface area contributed by atoms with Gasteiger partial charge in [-0.25, -0.2) is 0 Å². The van der Waals surface area contributed by atoms with Crippen molar-refractivity contribution in [1.82, 2.24) is 5.32 Å². The van der Waals surface area contributed by atoms with Crippen molar-refractivity contribution in [2.75, 3.05) is 0 Å². The van der Waals surface area contributed by atoms with E-state index in [0.717, 1.165) is 23.3 Å². The van der Waals surface area contributed by atoms with Crippen molar-refractivity contribution in [3.63, 3.8) is 0 Å². The smallest absolute Gasteiger partial charge is 0.319 e. The van der Waals surface area contributed by atoms with E-state index >= 15 is 0 Å². The van der Waals surface area contributed by atoms with E-state index in [1.165, 1.54) is 0 Å². The Hall–Kier alpha value is -2.89. The summed E-state index contributed by atoms with van der Waals surface area (Å²) in [6.07, 6.45) is -0.772. The highest BCUT2D eigenvalue weighted by atomic mass is 16.4. The van der Waals surface area contributed by atoms with Gasteiger partial charge in [0.15, 0.2) is 5.41 Å². The monoisotopic (exact) mass is 315 g/mol. The maximum atomic E-state index is 12.1. The van der Waals surface area contributed by atoms with E-state index in [2.05, 4.69) is 5.32 Å². The van der Waals surface area contributed by atoms with Crippen molar-refractivity contribution >= 4 is 28.6 Å². The first-order valence-corrected chi connectivity index (χ1v) is 7.04. The van der Waals surface area contributed by atoms with Crippen LogP contribution in [0.2, 0.25) is 0 Å². The minimum absolute atomic E-state index is 0.131. The Morgan fingerprint density at radius 2 is 1.70 bits per heavy atom. The van der Waals surface area contributed by atoms with Crippen LogP contribution < -0.4 is 5.32 Å². The fraction of sp³-hybridized carbons (Fsp3) is 0.235. The highest BCUT2D eigenvalue weighted by Crippen LogP contribution is 2.23. The molecule has 0 saturated carbocycles. The fourth-order valence-corrected chi connectivity index (χ4v) is 2.28. The number of carbonyl (C=O) groups is 3. The minimum atomic E-state index is -2.00. The molecule has 6 heteroatoms. The van der Waals surface area contributed by atoms with Gasteiger partial charge in [0.05, 0.1) is 6.42 Å². The second-order valence-corrected chi connectivity index (χ2v) is 5.57. The number of benzene rings is 2. The minimum Gasteiger partial charge on any atom is -0.481 e. The van der Waals surface area contributed by atoms with Crippen molar-refractivity contribution in [1.29, 1.82) is 0 Å². The Morgan fingerprint density at radius 3 is 2.30 bits per heavy atom. The summed E-state index contributed by atoms with van der Waals surface area (Å²) in [6.45, 7) is 1.24. The number of nitrogens with one attached hydrogen (secondary N) is 1. The number of carboxylic acids is 2. The highest BCUT2D eigenvalue weighted by molar-refractivity contribution is 6.04. The Balaban J connectivity index is 2.12. The second kappa shape index (κ2) is 6.48. The lowest BCUT2D eigenvalue weighted by Crippen LogP contribution is -2.45. The first-order valence-electron chi connectivity index (χ1n) is 7.04. The summed E-state index contributed by atoms with van der Waals surface area (Å²) in [4.78, 5) is 34.2. The van der Waals surface area contributed by atoms with Crippen LogP contribution in [0.15, 0.2) is 42.5 Å². The lowest BCUT2D eigenvalue weighted by atomic mass is 9.85. The average Bonchev–Trinajstić information content (AvgIpc) is 2.51. The number of hydrogen-bond acceptors (Lipinski definition) is 3. The van der Waals surface area contributed by atoms with Crippen LogP contribution in [-0.2, 0) is 20.9 Å². The van der Waals surface area contributed by atoms with E-state index in [9.17, 15) is 14.4 Å². The van der Waals surface area contributed by atoms with Gasteiger partial charge >= 0.3 is 11.9 Å². The lowest BCUT2D eigenvalue weighted by Gasteiger charge is -2.21. The average molecular weight is 315 g/mol. The number of aliphatic carboxylic acids is 2. The van der Waals surface area contributed by atoms with Gasteiger partial charge in [-0.1, -0.05) is 36.4 Å². The molecular weight excluding hydrogens is 298 g/mol. The normalized spacial score (nSPS) is 13.3. The highest BCUT2D eigenvalue weighted by Gasteiger charge is 2.43. The number of carboxylic acid groups (broad SMARTS) is 2. The molecule has 0 spiro atoms. The summed E-state index contributed by atoms with van der Waals surface area (Å²) in [5.41, 5.74) is -1.19. The molecule has 0 fully saturated rings. The Kier molecular flexibility index (Phi) is 4.64. The number of rotatable bonds is 6. The molecule has 1 amide bonds. The van der Waals surface area contributed by atoms with Gasteiger partial charge in [-0.2, -0.15) is 0 Å². The zero-order chi connectivity index (χ0) is 17.0. The maximum Gasteiger partial charge on any atom is 0.319 e. The molecule has 23 heavy (non-hydrogen) atoms. The number of fused-ring (bicyclic) bond motifs is 1. The second-order valence-electron chi connectivity index (χ2n) is 5.57. The molecule has 2 aromatic carbocycles. The van der Waals surface area contributed by atoms with Crippen LogP contribution in [0, 0.1) is 5.41 Å². The molecule has 0 aliphatic rings. The molecule has 0 radical (unpaired) electrons. The molecule has 2 rings (SSSR count). The van der Waals surface area contributed by atoms with Crippen LogP contribution in [0.3, 0.4) is 0 Å². The molecule has 0 heterocycles. The van der Waals surface area contributed by atoms with E-state index in [1.54, 1.807) is 0 Å². The van der Waals surface area contributed by atoms with Crippen molar-refractivity contribution in [2.45, 2.75) is 19.9 Å². The standard InChI is InChI=1S/C17H17NO5/c1-17(16(22)23,9-14(19)20)15(21)18-10-11-6-7-12-4-2-3-5-13(12)8-11/h2-8H,9-10H2,1H3,(H,18,21)(H,19,20)(H,22,23). The van der Waals surface area contributed by atoms with Gasteiger partial charge in [-0.15, -0.1) is 0 Å². The summed E-state index contributed by atoms with van der Waals surface area (Å²) in [5.74, 6) is -3.62.